The lowest BCUT2D eigenvalue weighted by molar-refractivity contribution is -0.121. The lowest BCUT2D eigenvalue weighted by Crippen LogP contribution is -2.32. The molecule has 0 atom stereocenters. The average Bonchev–Trinajstić information content (AvgIpc) is 3.48. The standard InChI is InChI=1S/C23H17N3O4S/c27-22(15-29-23(28)19-11-10-16(30-19)14-25-13-5-12-24-25)26-17-6-1-3-8-20(17)31-21-9-4-2-7-18(21)26/h1-13H,14-15H2. The van der Waals surface area contributed by atoms with Crippen LogP contribution in [-0.4, -0.2) is 28.3 Å². The van der Waals surface area contributed by atoms with Crippen LogP contribution in [0.1, 0.15) is 16.3 Å². The van der Waals surface area contributed by atoms with Crippen LogP contribution >= 0.6 is 11.8 Å². The van der Waals surface area contributed by atoms with E-state index in [1.165, 1.54) is 6.07 Å². The van der Waals surface area contributed by atoms with Crippen molar-refractivity contribution >= 4 is 35.0 Å². The predicted molar refractivity (Wildman–Crippen MR) is 114 cm³/mol. The van der Waals surface area contributed by atoms with Crippen molar-refractivity contribution in [3.8, 4) is 0 Å². The summed E-state index contributed by atoms with van der Waals surface area (Å²) in [4.78, 5) is 29.0. The van der Waals surface area contributed by atoms with E-state index in [9.17, 15) is 9.59 Å². The van der Waals surface area contributed by atoms with Gasteiger partial charge in [-0.15, -0.1) is 0 Å². The Bertz CT molecular complexity index is 1200. The molecule has 0 fully saturated rings. The Morgan fingerprint density at radius 3 is 2.32 bits per heavy atom. The summed E-state index contributed by atoms with van der Waals surface area (Å²) in [5.74, 6) is -0.410. The highest BCUT2D eigenvalue weighted by Gasteiger charge is 2.28. The fourth-order valence-electron chi connectivity index (χ4n) is 3.36. The molecule has 8 heteroatoms. The first-order chi connectivity index (χ1) is 15.2. The maximum Gasteiger partial charge on any atom is 0.374 e. The average molecular weight is 431 g/mol. The van der Waals surface area contributed by atoms with E-state index in [2.05, 4.69) is 5.10 Å². The summed E-state index contributed by atoms with van der Waals surface area (Å²) in [7, 11) is 0. The van der Waals surface area contributed by atoms with Gasteiger partial charge < -0.3 is 9.15 Å². The van der Waals surface area contributed by atoms with Gasteiger partial charge in [0.15, 0.2) is 6.61 Å². The van der Waals surface area contributed by atoms with E-state index < -0.39 is 12.6 Å². The highest BCUT2D eigenvalue weighted by molar-refractivity contribution is 7.99. The molecule has 5 rings (SSSR count). The summed E-state index contributed by atoms with van der Waals surface area (Å²) in [5, 5.41) is 4.10. The number of carbonyl (C=O) groups excluding carboxylic acids is 2. The molecule has 0 aliphatic carbocycles. The van der Waals surface area contributed by atoms with Gasteiger partial charge in [0.2, 0.25) is 5.76 Å². The minimum absolute atomic E-state index is 0.0463. The van der Waals surface area contributed by atoms with Crippen molar-refractivity contribution < 1.29 is 18.7 Å². The van der Waals surface area contributed by atoms with Crippen molar-refractivity contribution in [1.29, 1.82) is 0 Å². The van der Waals surface area contributed by atoms with Crippen LogP contribution in [0, 0.1) is 0 Å². The molecular weight excluding hydrogens is 414 g/mol. The summed E-state index contributed by atoms with van der Waals surface area (Å²) in [6, 6.07) is 20.3. The minimum atomic E-state index is -0.687. The molecule has 0 bridgehead atoms. The van der Waals surface area contributed by atoms with E-state index in [1.54, 1.807) is 45.9 Å². The molecular formula is C23H17N3O4S. The molecule has 0 saturated carbocycles. The van der Waals surface area contributed by atoms with Gasteiger partial charge in [-0.1, -0.05) is 36.0 Å². The molecule has 2 aromatic carbocycles. The summed E-state index contributed by atoms with van der Waals surface area (Å²) in [6.45, 7) is -0.000416. The number of anilines is 2. The lowest BCUT2D eigenvalue weighted by Gasteiger charge is -2.30. The van der Waals surface area contributed by atoms with Gasteiger partial charge in [-0.2, -0.15) is 5.10 Å². The minimum Gasteiger partial charge on any atom is -0.452 e. The fourth-order valence-corrected chi connectivity index (χ4v) is 4.42. The van der Waals surface area contributed by atoms with Crippen molar-refractivity contribution in [2.24, 2.45) is 0 Å². The fraction of sp³-hybridized carbons (Fsp3) is 0.0870. The van der Waals surface area contributed by atoms with Gasteiger partial charge in [0.05, 0.1) is 17.9 Å². The molecule has 7 nitrogen and oxygen atoms in total. The first-order valence-electron chi connectivity index (χ1n) is 9.61. The molecule has 1 aliphatic rings. The number of carbonyl (C=O) groups is 2. The molecule has 0 N–H and O–H groups in total. The number of ether oxygens (including phenoxy) is 1. The van der Waals surface area contributed by atoms with Crippen molar-refractivity contribution in [2.75, 3.05) is 11.5 Å². The number of hydrogen-bond acceptors (Lipinski definition) is 6. The molecule has 31 heavy (non-hydrogen) atoms. The van der Waals surface area contributed by atoms with Crippen LogP contribution in [-0.2, 0) is 16.1 Å². The van der Waals surface area contributed by atoms with E-state index in [0.717, 1.165) is 21.2 Å². The van der Waals surface area contributed by atoms with Gasteiger partial charge in [-0.05, 0) is 42.5 Å². The predicted octanol–water partition coefficient (Wildman–Crippen LogP) is 4.51. The Hall–Kier alpha value is -3.78. The van der Waals surface area contributed by atoms with E-state index in [4.69, 9.17) is 9.15 Å². The van der Waals surface area contributed by atoms with Gasteiger partial charge in [-0.25, -0.2) is 4.79 Å². The van der Waals surface area contributed by atoms with Gasteiger partial charge >= 0.3 is 5.97 Å². The SMILES string of the molecule is O=C(OCC(=O)N1c2ccccc2Sc2ccccc21)c1ccc(Cn2cccn2)o1. The van der Waals surface area contributed by atoms with Crippen LogP contribution in [0.5, 0.6) is 0 Å². The van der Waals surface area contributed by atoms with E-state index in [1.807, 2.05) is 48.5 Å². The molecule has 0 unspecified atom stereocenters. The molecule has 0 spiro atoms. The first-order valence-corrected chi connectivity index (χ1v) is 10.4. The Labute approximate surface area is 182 Å². The summed E-state index contributed by atoms with van der Waals surface area (Å²) in [6.07, 6.45) is 3.46. The number of fused-ring (bicyclic) bond motifs is 2. The number of rotatable bonds is 5. The Balaban J connectivity index is 1.30. The maximum absolute atomic E-state index is 13.1. The van der Waals surface area contributed by atoms with Crippen LogP contribution in [0.4, 0.5) is 11.4 Å². The normalized spacial score (nSPS) is 12.2. The zero-order valence-electron chi connectivity index (χ0n) is 16.3. The second-order valence-electron chi connectivity index (χ2n) is 6.81. The number of nitrogens with zero attached hydrogens (tertiary/aromatic N) is 3. The van der Waals surface area contributed by atoms with E-state index >= 15 is 0 Å². The second-order valence-corrected chi connectivity index (χ2v) is 7.90. The Morgan fingerprint density at radius 1 is 0.935 bits per heavy atom. The third-order valence-electron chi connectivity index (χ3n) is 4.75. The number of hydrogen-bond donors (Lipinski definition) is 0. The third kappa shape index (κ3) is 3.85. The summed E-state index contributed by atoms with van der Waals surface area (Å²) in [5.41, 5.74) is 1.54. The number of para-hydroxylation sites is 2. The molecule has 0 saturated heterocycles. The molecule has 4 aromatic rings. The van der Waals surface area contributed by atoms with Crippen LogP contribution in [0.15, 0.2) is 93.3 Å². The van der Waals surface area contributed by atoms with Crippen LogP contribution in [0.25, 0.3) is 0 Å². The molecule has 2 aromatic heterocycles. The van der Waals surface area contributed by atoms with Gasteiger partial charge in [0.25, 0.3) is 5.91 Å². The number of benzene rings is 2. The van der Waals surface area contributed by atoms with E-state index in [0.29, 0.717) is 12.3 Å². The number of furan rings is 1. The zero-order chi connectivity index (χ0) is 21.2. The Morgan fingerprint density at radius 2 is 1.65 bits per heavy atom. The number of amides is 1. The third-order valence-corrected chi connectivity index (χ3v) is 5.88. The highest BCUT2D eigenvalue weighted by atomic mass is 32.2. The zero-order valence-corrected chi connectivity index (χ0v) is 17.1. The van der Waals surface area contributed by atoms with Gasteiger partial charge in [-0.3, -0.25) is 14.4 Å². The maximum atomic E-state index is 13.1. The quantitative estimate of drug-likeness (QED) is 0.433. The van der Waals surface area contributed by atoms with Crippen molar-refractivity contribution in [3.63, 3.8) is 0 Å². The smallest absolute Gasteiger partial charge is 0.374 e. The van der Waals surface area contributed by atoms with Crippen LogP contribution < -0.4 is 4.90 Å². The van der Waals surface area contributed by atoms with Crippen LogP contribution in [0.3, 0.4) is 0 Å². The Kier molecular flexibility index (Phi) is 5.05. The van der Waals surface area contributed by atoms with Crippen molar-refractivity contribution in [3.05, 3.63) is 90.6 Å². The summed E-state index contributed by atoms with van der Waals surface area (Å²) < 4.78 is 12.5. The first kappa shape index (κ1) is 19.2. The largest absolute Gasteiger partial charge is 0.452 e. The van der Waals surface area contributed by atoms with Crippen LogP contribution in [0.2, 0.25) is 0 Å². The second kappa shape index (κ2) is 8.16. The molecule has 1 amide bonds. The van der Waals surface area contributed by atoms with Gasteiger partial charge in [0.1, 0.15) is 5.76 Å². The molecule has 1 aliphatic heterocycles. The van der Waals surface area contributed by atoms with Crippen molar-refractivity contribution in [1.82, 2.24) is 9.78 Å². The lowest BCUT2D eigenvalue weighted by atomic mass is 10.2. The number of aromatic nitrogens is 2. The van der Waals surface area contributed by atoms with Gasteiger partial charge in [0, 0.05) is 22.2 Å². The molecule has 154 valence electrons. The topological polar surface area (TPSA) is 77.6 Å². The monoisotopic (exact) mass is 431 g/mol. The van der Waals surface area contributed by atoms with E-state index in [-0.39, 0.29) is 11.7 Å². The summed E-state index contributed by atoms with van der Waals surface area (Å²) >= 11 is 1.61. The molecule has 3 heterocycles. The molecule has 0 radical (unpaired) electrons. The number of esters is 1. The van der Waals surface area contributed by atoms with Crippen molar-refractivity contribution in [2.45, 2.75) is 16.3 Å². The highest BCUT2D eigenvalue weighted by Crippen LogP contribution is 2.47.